The van der Waals surface area contributed by atoms with Gasteiger partial charge in [0.25, 0.3) is 0 Å². The molecule has 0 saturated heterocycles. The van der Waals surface area contributed by atoms with Gasteiger partial charge in [0.05, 0.1) is 18.5 Å². The molecule has 5 heteroatoms. The van der Waals surface area contributed by atoms with Crippen molar-refractivity contribution in [2.45, 2.75) is 32.4 Å². The molecule has 0 aliphatic rings. The van der Waals surface area contributed by atoms with E-state index in [9.17, 15) is 4.79 Å². The van der Waals surface area contributed by atoms with Crippen molar-refractivity contribution in [3.63, 3.8) is 0 Å². The number of ether oxygens (including phenoxy) is 1. The lowest BCUT2D eigenvalue weighted by Crippen LogP contribution is -2.32. The maximum Gasteiger partial charge on any atom is 0.309 e. The maximum atomic E-state index is 11.4. The Morgan fingerprint density at radius 1 is 1.40 bits per heavy atom. The standard InChI is InChI=1S/C15H22N2O2S/c1-11(8-14(16)20)17(2)10-13-7-5-4-6-12(13)9-15(18)19-3/h4-7,11H,8-10H2,1-3H3,(H2,16,20). The smallest absolute Gasteiger partial charge is 0.309 e. The Balaban J connectivity index is 2.76. The molecular weight excluding hydrogens is 272 g/mol. The molecule has 0 amide bonds. The number of hydrogen-bond donors (Lipinski definition) is 1. The highest BCUT2D eigenvalue weighted by atomic mass is 32.1. The molecule has 0 spiro atoms. The molecule has 0 fully saturated rings. The lowest BCUT2D eigenvalue weighted by atomic mass is 10.0. The Kier molecular flexibility index (Phi) is 6.61. The molecule has 110 valence electrons. The average molecular weight is 294 g/mol. The minimum atomic E-state index is -0.226. The van der Waals surface area contributed by atoms with E-state index in [2.05, 4.69) is 11.8 Å². The Morgan fingerprint density at radius 3 is 2.55 bits per heavy atom. The fourth-order valence-electron chi connectivity index (χ4n) is 1.98. The van der Waals surface area contributed by atoms with E-state index in [0.717, 1.165) is 17.7 Å². The van der Waals surface area contributed by atoms with Gasteiger partial charge in [-0.05, 0) is 25.1 Å². The first-order valence-electron chi connectivity index (χ1n) is 6.56. The van der Waals surface area contributed by atoms with Gasteiger partial charge in [0.15, 0.2) is 0 Å². The van der Waals surface area contributed by atoms with Crippen LogP contribution >= 0.6 is 12.2 Å². The number of carbonyl (C=O) groups excluding carboxylic acids is 1. The lowest BCUT2D eigenvalue weighted by molar-refractivity contribution is -0.139. The minimum absolute atomic E-state index is 0.226. The summed E-state index contributed by atoms with van der Waals surface area (Å²) in [4.78, 5) is 14.1. The second-order valence-corrected chi connectivity index (χ2v) is 5.48. The summed E-state index contributed by atoms with van der Waals surface area (Å²) in [7, 11) is 3.43. The van der Waals surface area contributed by atoms with Gasteiger partial charge in [-0.3, -0.25) is 9.69 Å². The molecular formula is C15H22N2O2S. The Labute approximate surface area is 125 Å². The van der Waals surface area contributed by atoms with Crippen LogP contribution in [0.3, 0.4) is 0 Å². The fourth-order valence-corrected chi connectivity index (χ4v) is 2.22. The van der Waals surface area contributed by atoms with Crippen molar-refractivity contribution in [3.8, 4) is 0 Å². The van der Waals surface area contributed by atoms with Crippen LogP contribution in [-0.4, -0.2) is 36.1 Å². The van der Waals surface area contributed by atoms with Crippen LogP contribution in [-0.2, 0) is 22.5 Å². The van der Waals surface area contributed by atoms with Gasteiger partial charge in [0, 0.05) is 19.0 Å². The van der Waals surface area contributed by atoms with E-state index in [4.69, 9.17) is 22.7 Å². The Bertz CT molecular complexity index is 477. The molecule has 1 aromatic rings. The van der Waals surface area contributed by atoms with Crippen molar-refractivity contribution >= 4 is 23.2 Å². The zero-order chi connectivity index (χ0) is 15.1. The number of methoxy groups -OCH3 is 1. The van der Waals surface area contributed by atoms with Crippen molar-refractivity contribution in [1.82, 2.24) is 4.90 Å². The summed E-state index contributed by atoms with van der Waals surface area (Å²) in [5.41, 5.74) is 7.70. The third kappa shape index (κ3) is 5.27. The zero-order valence-electron chi connectivity index (χ0n) is 12.3. The van der Waals surface area contributed by atoms with Crippen LogP contribution in [0.1, 0.15) is 24.5 Å². The fraction of sp³-hybridized carbons (Fsp3) is 0.467. The third-order valence-corrected chi connectivity index (χ3v) is 3.52. The SMILES string of the molecule is COC(=O)Cc1ccccc1CN(C)C(C)CC(N)=S. The number of hydrogen-bond acceptors (Lipinski definition) is 4. The highest BCUT2D eigenvalue weighted by molar-refractivity contribution is 7.80. The molecule has 0 aliphatic carbocycles. The predicted octanol–water partition coefficient (Wildman–Crippen LogP) is 1.90. The molecule has 0 aromatic heterocycles. The first-order chi connectivity index (χ1) is 9.43. The highest BCUT2D eigenvalue weighted by Gasteiger charge is 2.14. The first-order valence-corrected chi connectivity index (χ1v) is 6.97. The molecule has 1 atom stereocenters. The number of nitrogens with two attached hydrogens (primary N) is 1. The van der Waals surface area contributed by atoms with Gasteiger partial charge in [-0.25, -0.2) is 0 Å². The normalized spacial score (nSPS) is 12.2. The van der Waals surface area contributed by atoms with E-state index in [-0.39, 0.29) is 12.0 Å². The van der Waals surface area contributed by atoms with E-state index < -0.39 is 0 Å². The van der Waals surface area contributed by atoms with Crippen LogP contribution in [0.5, 0.6) is 0 Å². The van der Waals surface area contributed by atoms with E-state index in [1.807, 2.05) is 31.3 Å². The summed E-state index contributed by atoms with van der Waals surface area (Å²) in [5.74, 6) is -0.226. The molecule has 4 nitrogen and oxygen atoms in total. The Morgan fingerprint density at radius 2 is 2.00 bits per heavy atom. The number of nitrogens with zero attached hydrogens (tertiary/aromatic N) is 1. The van der Waals surface area contributed by atoms with Gasteiger partial charge in [-0.1, -0.05) is 36.5 Å². The number of benzene rings is 1. The van der Waals surface area contributed by atoms with Crippen molar-refractivity contribution in [2.75, 3.05) is 14.2 Å². The Hall–Kier alpha value is -1.46. The van der Waals surface area contributed by atoms with Gasteiger partial charge < -0.3 is 10.5 Å². The van der Waals surface area contributed by atoms with Crippen LogP contribution in [0.4, 0.5) is 0 Å². The van der Waals surface area contributed by atoms with E-state index >= 15 is 0 Å². The molecule has 0 saturated carbocycles. The van der Waals surface area contributed by atoms with Gasteiger partial charge in [-0.2, -0.15) is 0 Å². The maximum absolute atomic E-state index is 11.4. The van der Waals surface area contributed by atoms with Crippen LogP contribution in [0.25, 0.3) is 0 Å². The van der Waals surface area contributed by atoms with Crippen molar-refractivity contribution in [1.29, 1.82) is 0 Å². The quantitative estimate of drug-likeness (QED) is 0.615. The molecule has 0 radical (unpaired) electrons. The predicted molar refractivity (Wildman–Crippen MR) is 84.5 cm³/mol. The molecule has 0 aliphatic heterocycles. The van der Waals surface area contributed by atoms with Crippen molar-refractivity contribution < 1.29 is 9.53 Å². The molecule has 0 heterocycles. The second kappa shape index (κ2) is 7.97. The van der Waals surface area contributed by atoms with Gasteiger partial charge in [0.1, 0.15) is 0 Å². The summed E-state index contributed by atoms with van der Waals surface area (Å²) >= 11 is 4.94. The summed E-state index contributed by atoms with van der Waals surface area (Å²) in [6.07, 6.45) is 0.981. The summed E-state index contributed by atoms with van der Waals surface area (Å²) in [6, 6.07) is 8.15. The van der Waals surface area contributed by atoms with Crippen LogP contribution < -0.4 is 5.73 Å². The highest BCUT2D eigenvalue weighted by Crippen LogP contribution is 2.14. The van der Waals surface area contributed by atoms with E-state index in [1.54, 1.807) is 0 Å². The molecule has 20 heavy (non-hydrogen) atoms. The summed E-state index contributed by atoms with van der Waals surface area (Å²) in [6.45, 7) is 2.83. The lowest BCUT2D eigenvalue weighted by Gasteiger charge is -2.25. The summed E-state index contributed by atoms with van der Waals surface area (Å²) < 4.78 is 4.73. The van der Waals surface area contributed by atoms with Gasteiger partial charge >= 0.3 is 5.97 Å². The summed E-state index contributed by atoms with van der Waals surface area (Å²) in [5, 5.41) is 0. The van der Waals surface area contributed by atoms with E-state index in [1.165, 1.54) is 7.11 Å². The van der Waals surface area contributed by atoms with Crippen LogP contribution in [0, 0.1) is 0 Å². The largest absolute Gasteiger partial charge is 0.469 e. The molecule has 1 aromatic carbocycles. The van der Waals surface area contributed by atoms with Crippen LogP contribution in [0.15, 0.2) is 24.3 Å². The van der Waals surface area contributed by atoms with E-state index in [0.29, 0.717) is 17.8 Å². The number of rotatable bonds is 7. The van der Waals surface area contributed by atoms with Crippen molar-refractivity contribution in [3.05, 3.63) is 35.4 Å². The van der Waals surface area contributed by atoms with Crippen molar-refractivity contribution in [2.24, 2.45) is 5.73 Å². The third-order valence-electron chi connectivity index (χ3n) is 3.35. The molecule has 0 bridgehead atoms. The average Bonchev–Trinajstić information content (AvgIpc) is 2.39. The second-order valence-electron chi connectivity index (χ2n) is 4.96. The number of thiocarbonyl (C=S) groups is 1. The topological polar surface area (TPSA) is 55.6 Å². The monoisotopic (exact) mass is 294 g/mol. The number of esters is 1. The zero-order valence-corrected chi connectivity index (χ0v) is 13.1. The van der Waals surface area contributed by atoms with Gasteiger partial charge in [-0.15, -0.1) is 0 Å². The van der Waals surface area contributed by atoms with Crippen LogP contribution in [0.2, 0.25) is 0 Å². The molecule has 1 rings (SSSR count). The number of carbonyl (C=O) groups is 1. The first kappa shape index (κ1) is 16.6. The molecule has 2 N–H and O–H groups in total. The minimum Gasteiger partial charge on any atom is -0.469 e. The van der Waals surface area contributed by atoms with Gasteiger partial charge in [0.2, 0.25) is 0 Å². The molecule has 1 unspecified atom stereocenters.